The Morgan fingerprint density at radius 3 is 2.12 bits per heavy atom. The number of methoxy groups -OCH3 is 2. The number of esters is 2. The van der Waals surface area contributed by atoms with Crippen LogP contribution in [0.4, 0.5) is 0 Å². The maximum absolute atomic E-state index is 12.1. The van der Waals surface area contributed by atoms with Crippen molar-refractivity contribution in [2.75, 3.05) is 14.2 Å². The summed E-state index contributed by atoms with van der Waals surface area (Å²) in [7, 11) is 2.55. The third-order valence-corrected chi connectivity index (χ3v) is 3.50. The molecule has 0 unspecified atom stereocenters. The number of hydrogen-bond acceptors (Lipinski definition) is 7. The van der Waals surface area contributed by atoms with Crippen LogP contribution in [0.5, 0.6) is 11.6 Å². The Morgan fingerprint density at radius 2 is 1.52 bits per heavy atom. The van der Waals surface area contributed by atoms with E-state index < -0.39 is 11.9 Å². The van der Waals surface area contributed by atoms with E-state index in [0.29, 0.717) is 0 Å². The Hall–Kier alpha value is -3.48. The minimum Gasteiger partial charge on any atom is -0.465 e. The zero-order valence-corrected chi connectivity index (χ0v) is 13.6. The normalized spacial score (nSPS) is 10.3. The molecule has 0 atom stereocenters. The van der Waals surface area contributed by atoms with Gasteiger partial charge < -0.3 is 14.2 Å². The number of aromatic nitrogens is 2. The molecule has 0 saturated heterocycles. The molecule has 0 spiro atoms. The molecule has 126 valence electrons. The number of benzene rings is 2. The quantitative estimate of drug-likeness (QED) is 0.676. The first kappa shape index (κ1) is 16.4. The highest BCUT2D eigenvalue weighted by Gasteiger charge is 2.16. The van der Waals surface area contributed by atoms with Crippen molar-refractivity contribution in [1.29, 1.82) is 0 Å². The summed E-state index contributed by atoms with van der Waals surface area (Å²) < 4.78 is 15.1. The van der Waals surface area contributed by atoms with Crippen molar-refractivity contribution < 1.29 is 23.8 Å². The fourth-order valence-electron chi connectivity index (χ4n) is 2.27. The largest absolute Gasteiger partial charge is 0.465 e. The molecular weight excluding hydrogens is 324 g/mol. The molecule has 1 heterocycles. The molecule has 0 radical (unpaired) electrons. The summed E-state index contributed by atoms with van der Waals surface area (Å²) in [6.07, 6.45) is 0. The molecule has 0 amide bonds. The van der Waals surface area contributed by atoms with E-state index in [0.717, 1.165) is 10.8 Å². The number of ether oxygens (including phenoxy) is 3. The highest BCUT2D eigenvalue weighted by Crippen LogP contribution is 2.29. The van der Waals surface area contributed by atoms with Crippen molar-refractivity contribution in [1.82, 2.24) is 10.2 Å². The first-order chi connectivity index (χ1) is 12.1. The van der Waals surface area contributed by atoms with E-state index in [1.54, 1.807) is 12.1 Å². The Balaban J connectivity index is 1.99. The van der Waals surface area contributed by atoms with Crippen LogP contribution in [0.2, 0.25) is 0 Å². The maximum atomic E-state index is 12.1. The molecule has 1 aromatic heterocycles. The van der Waals surface area contributed by atoms with Gasteiger partial charge in [-0.05, 0) is 29.0 Å². The van der Waals surface area contributed by atoms with Crippen molar-refractivity contribution in [3.8, 4) is 11.6 Å². The fraction of sp³-hybridized carbons (Fsp3) is 0.111. The lowest BCUT2D eigenvalue weighted by molar-refractivity contribution is 0.0587. The van der Waals surface area contributed by atoms with E-state index in [2.05, 4.69) is 14.9 Å². The van der Waals surface area contributed by atoms with Gasteiger partial charge in [-0.3, -0.25) is 0 Å². The van der Waals surface area contributed by atoms with Crippen LogP contribution in [0, 0.1) is 0 Å². The Morgan fingerprint density at radius 1 is 0.840 bits per heavy atom. The van der Waals surface area contributed by atoms with Gasteiger partial charge in [0.05, 0.1) is 14.2 Å². The van der Waals surface area contributed by atoms with Crippen LogP contribution in [-0.4, -0.2) is 36.4 Å². The van der Waals surface area contributed by atoms with Gasteiger partial charge in [-0.15, -0.1) is 10.2 Å². The second-order valence-electron chi connectivity index (χ2n) is 5.04. The number of carbonyl (C=O) groups excluding carboxylic acids is 2. The second kappa shape index (κ2) is 6.96. The van der Waals surface area contributed by atoms with Crippen molar-refractivity contribution in [2.24, 2.45) is 0 Å². The van der Waals surface area contributed by atoms with Crippen LogP contribution in [-0.2, 0) is 9.47 Å². The molecule has 0 aliphatic rings. The molecule has 7 heteroatoms. The van der Waals surface area contributed by atoms with E-state index >= 15 is 0 Å². The highest BCUT2D eigenvalue weighted by molar-refractivity contribution is 5.98. The van der Waals surface area contributed by atoms with E-state index in [1.807, 2.05) is 24.3 Å². The predicted octanol–water partition coefficient (Wildman–Crippen LogP) is 3.00. The van der Waals surface area contributed by atoms with E-state index in [9.17, 15) is 9.59 Å². The average molecular weight is 338 g/mol. The molecule has 0 N–H and O–H groups in total. The molecule has 0 aliphatic carbocycles. The summed E-state index contributed by atoms with van der Waals surface area (Å²) in [6.45, 7) is 0. The van der Waals surface area contributed by atoms with Gasteiger partial charge in [-0.2, -0.15) is 0 Å². The first-order valence-electron chi connectivity index (χ1n) is 7.33. The lowest BCUT2D eigenvalue weighted by Gasteiger charge is -2.11. The van der Waals surface area contributed by atoms with E-state index in [-0.39, 0.29) is 22.9 Å². The van der Waals surface area contributed by atoms with Crippen LogP contribution >= 0.6 is 0 Å². The minimum absolute atomic E-state index is 0.0570. The summed E-state index contributed by atoms with van der Waals surface area (Å²) >= 11 is 0. The number of hydrogen-bond donors (Lipinski definition) is 0. The van der Waals surface area contributed by atoms with E-state index in [4.69, 9.17) is 9.47 Å². The molecule has 25 heavy (non-hydrogen) atoms. The molecule has 2 aromatic carbocycles. The topological polar surface area (TPSA) is 87.6 Å². The first-order valence-corrected chi connectivity index (χ1v) is 7.33. The molecule has 3 rings (SSSR count). The van der Waals surface area contributed by atoms with Crippen LogP contribution in [0.15, 0.2) is 48.5 Å². The van der Waals surface area contributed by atoms with Crippen LogP contribution in [0.25, 0.3) is 10.8 Å². The van der Waals surface area contributed by atoms with Crippen molar-refractivity contribution >= 4 is 22.7 Å². The number of rotatable bonds is 4. The molecule has 0 aliphatic heterocycles. The average Bonchev–Trinajstić information content (AvgIpc) is 2.66. The number of nitrogens with zero attached hydrogens (tertiary/aromatic N) is 2. The SMILES string of the molecule is COC(=O)c1ccc(Oc2cc3ccccc3cc2C(=O)OC)nn1. The molecule has 3 aromatic rings. The Labute approximate surface area is 143 Å². The monoisotopic (exact) mass is 338 g/mol. The van der Waals surface area contributed by atoms with Crippen LogP contribution < -0.4 is 4.74 Å². The summed E-state index contributed by atoms with van der Waals surface area (Å²) in [5.74, 6) is -0.710. The van der Waals surface area contributed by atoms with Crippen molar-refractivity contribution in [3.05, 3.63) is 59.8 Å². The molecule has 0 saturated carbocycles. The smallest absolute Gasteiger partial charge is 0.358 e. The Kier molecular flexibility index (Phi) is 4.56. The zero-order valence-electron chi connectivity index (χ0n) is 13.6. The van der Waals surface area contributed by atoms with Gasteiger partial charge in [0.1, 0.15) is 11.3 Å². The molecule has 7 nitrogen and oxygen atoms in total. The maximum Gasteiger partial charge on any atom is 0.358 e. The van der Waals surface area contributed by atoms with Gasteiger partial charge in [-0.1, -0.05) is 24.3 Å². The Bertz CT molecular complexity index is 938. The molecular formula is C18H14N2O5. The summed E-state index contributed by atoms with van der Waals surface area (Å²) in [5.41, 5.74) is 0.321. The lowest BCUT2D eigenvalue weighted by atomic mass is 10.1. The second-order valence-corrected chi connectivity index (χ2v) is 5.04. The van der Waals surface area contributed by atoms with Gasteiger partial charge >= 0.3 is 11.9 Å². The van der Waals surface area contributed by atoms with Crippen LogP contribution in [0.1, 0.15) is 20.8 Å². The van der Waals surface area contributed by atoms with E-state index in [1.165, 1.54) is 26.4 Å². The summed E-state index contributed by atoms with van der Waals surface area (Å²) in [6, 6.07) is 13.8. The third-order valence-electron chi connectivity index (χ3n) is 3.50. The highest BCUT2D eigenvalue weighted by atomic mass is 16.5. The standard InChI is InChI=1S/C18H14N2O5/c1-23-17(21)13-9-11-5-3-4-6-12(11)10-15(13)25-16-8-7-14(19-20-16)18(22)24-2/h3-10H,1-2H3. The summed E-state index contributed by atoms with van der Waals surface area (Å²) in [4.78, 5) is 23.4. The van der Waals surface area contributed by atoms with Gasteiger partial charge in [-0.25, -0.2) is 9.59 Å². The van der Waals surface area contributed by atoms with Crippen molar-refractivity contribution in [3.63, 3.8) is 0 Å². The predicted molar refractivity (Wildman–Crippen MR) is 88.7 cm³/mol. The van der Waals surface area contributed by atoms with Crippen molar-refractivity contribution in [2.45, 2.75) is 0 Å². The minimum atomic E-state index is -0.597. The van der Waals surface area contributed by atoms with Gasteiger partial charge in [0.25, 0.3) is 0 Å². The van der Waals surface area contributed by atoms with Crippen LogP contribution in [0.3, 0.4) is 0 Å². The summed E-state index contributed by atoms with van der Waals surface area (Å²) in [5, 5.41) is 9.33. The molecule has 0 fully saturated rings. The van der Waals surface area contributed by atoms with Gasteiger partial charge in [0.2, 0.25) is 5.88 Å². The fourth-order valence-corrected chi connectivity index (χ4v) is 2.27. The number of fused-ring (bicyclic) bond motifs is 1. The third kappa shape index (κ3) is 3.40. The van der Waals surface area contributed by atoms with Gasteiger partial charge in [0.15, 0.2) is 5.69 Å². The molecule has 0 bridgehead atoms. The van der Waals surface area contributed by atoms with Gasteiger partial charge in [0, 0.05) is 6.07 Å². The lowest BCUT2D eigenvalue weighted by Crippen LogP contribution is -2.07. The zero-order chi connectivity index (χ0) is 17.8. The number of carbonyl (C=O) groups is 2.